The molecule has 184 valence electrons. The average Bonchev–Trinajstić information content (AvgIpc) is 2.67. The van der Waals surface area contributed by atoms with Crippen molar-refractivity contribution in [1.82, 2.24) is 0 Å². The first-order chi connectivity index (χ1) is 15.4. The van der Waals surface area contributed by atoms with Crippen LogP contribution in [0.5, 0.6) is 0 Å². The molecule has 5 heteroatoms. The van der Waals surface area contributed by atoms with Crippen molar-refractivity contribution < 1.29 is 17.7 Å². The minimum atomic E-state index is -4.23. The van der Waals surface area contributed by atoms with Crippen LogP contribution < -0.4 is 9.75 Å². The number of rotatable bonds is 3. The monoisotopic (exact) mass is 486 g/mol. The van der Waals surface area contributed by atoms with Crippen molar-refractivity contribution in [1.29, 1.82) is 0 Å². The Bertz CT molecular complexity index is 1210. The van der Waals surface area contributed by atoms with Crippen molar-refractivity contribution in [2.75, 3.05) is 0 Å². The molecule has 34 heavy (non-hydrogen) atoms. The Labute approximate surface area is 204 Å². The van der Waals surface area contributed by atoms with E-state index >= 15 is 0 Å². The summed E-state index contributed by atoms with van der Waals surface area (Å²) in [5.74, 6) is 0. The molecule has 0 saturated carbocycles. The summed E-state index contributed by atoms with van der Waals surface area (Å²) in [6.07, 6.45) is -3.12. The maximum atomic E-state index is 13.2. The number of halogens is 3. The summed E-state index contributed by atoms with van der Waals surface area (Å²) >= 11 is 0. The minimum absolute atomic E-state index is 0.167. The maximum absolute atomic E-state index is 13.2. The van der Waals surface area contributed by atoms with Gasteiger partial charge >= 0.3 is 6.18 Å². The van der Waals surface area contributed by atoms with Crippen LogP contribution >= 0.6 is 0 Å². The molecule has 1 nitrogen and oxygen atoms in total. The molecular formula is C29H39F3NSi+. The Balaban J connectivity index is 2.30. The Morgan fingerprint density at radius 2 is 1.44 bits per heavy atom. The molecule has 0 atom stereocenters. The first kappa shape index (κ1) is 26.5. The number of hydrogen-bond donors (Lipinski definition) is 0. The van der Waals surface area contributed by atoms with Gasteiger partial charge in [0.2, 0.25) is 5.69 Å². The zero-order valence-corrected chi connectivity index (χ0v) is 23.3. The number of aryl methyl sites for hydroxylation is 2. The van der Waals surface area contributed by atoms with Gasteiger partial charge in [-0.15, -0.1) is 0 Å². The molecule has 3 aromatic rings. The van der Waals surface area contributed by atoms with Gasteiger partial charge in [-0.1, -0.05) is 71.5 Å². The van der Waals surface area contributed by atoms with E-state index in [-0.39, 0.29) is 10.1 Å². The van der Waals surface area contributed by atoms with Gasteiger partial charge < -0.3 is 0 Å². The third kappa shape index (κ3) is 4.68. The average molecular weight is 487 g/mol. The predicted molar refractivity (Wildman–Crippen MR) is 140 cm³/mol. The fourth-order valence-corrected chi connectivity index (χ4v) is 10.4. The lowest BCUT2D eigenvalue weighted by Gasteiger charge is -2.50. The third-order valence-electron chi connectivity index (χ3n) is 8.10. The van der Waals surface area contributed by atoms with Crippen molar-refractivity contribution in [3.63, 3.8) is 0 Å². The van der Waals surface area contributed by atoms with Gasteiger partial charge in [-0.2, -0.15) is 13.2 Å². The van der Waals surface area contributed by atoms with Crippen LogP contribution in [0, 0.1) is 13.8 Å². The van der Waals surface area contributed by atoms with E-state index < -0.39 is 20.7 Å². The molecular weight excluding hydrogens is 447 g/mol. The second-order valence-corrected chi connectivity index (χ2v) is 17.9. The Kier molecular flexibility index (Phi) is 6.62. The molecule has 1 heterocycles. The smallest absolute Gasteiger partial charge is 0.200 e. The molecule has 3 rings (SSSR count). The second-order valence-electron chi connectivity index (χ2n) is 12.1. The quantitative estimate of drug-likeness (QED) is 0.261. The Morgan fingerprint density at radius 1 is 0.853 bits per heavy atom. The van der Waals surface area contributed by atoms with E-state index in [4.69, 9.17) is 0 Å². The summed E-state index contributed by atoms with van der Waals surface area (Å²) in [5, 5.41) is 3.95. The predicted octanol–water partition coefficient (Wildman–Crippen LogP) is 7.94. The van der Waals surface area contributed by atoms with Crippen LogP contribution in [0.3, 0.4) is 0 Å². The van der Waals surface area contributed by atoms with E-state index in [1.165, 1.54) is 5.19 Å². The lowest BCUT2D eigenvalue weighted by atomic mass is 9.93. The van der Waals surface area contributed by atoms with E-state index in [9.17, 15) is 13.2 Å². The van der Waals surface area contributed by atoms with E-state index in [0.717, 1.165) is 33.2 Å². The van der Waals surface area contributed by atoms with Gasteiger partial charge in [-0.25, -0.2) is 4.57 Å². The number of alkyl halides is 3. The van der Waals surface area contributed by atoms with Gasteiger partial charge in [-0.05, 0) is 58.1 Å². The van der Waals surface area contributed by atoms with Gasteiger partial charge in [-0.3, -0.25) is 0 Å². The van der Waals surface area contributed by atoms with Gasteiger partial charge in [0, 0.05) is 6.07 Å². The first-order valence-electron chi connectivity index (χ1n) is 12.0. The molecule has 0 unspecified atom stereocenters. The molecule has 2 aromatic carbocycles. The molecule has 0 amide bonds. The van der Waals surface area contributed by atoms with Crippen molar-refractivity contribution >= 4 is 24.0 Å². The summed E-state index contributed by atoms with van der Waals surface area (Å²) in [4.78, 5) is 0. The van der Waals surface area contributed by atoms with Crippen LogP contribution in [0.2, 0.25) is 16.6 Å². The highest BCUT2D eigenvalue weighted by Crippen LogP contribution is 2.50. The van der Waals surface area contributed by atoms with Gasteiger partial charge in [0.15, 0.2) is 6.20 Å². The molecule has 0 aliphatic heterocycles. The molecule has 0 fully saturated rings. The van der Waals surface area contributed by atoms with Crippen LogP contribution in [0.15, 0.2) is 42.6 Å². The number of pyridine rings is 1. The van der Waals surface area contributed by atoms with Crippen molar-refractivity contribution in [3.05, 3.63) is 59.3 Å². The number of fused-ring (bicyclic) bond motifs is 1. The van der Waals surface area contributed by atoms with E-state index in [2.05, 4.69) is 72.4 Å². The summed E-state index contributed by atoms with van der Waals surface area (Å²) < 4.78 is 41.6. The van der Waals surface area contributed by atoms with Crippen LogP contribution in [0.1, 0.15) is 58.2 Å². The Morgan fingerprint density at radius 3 is 1.97 bits per heavy atom. The fraction of sp³-hybridized carbons (Fsp3) is 0.483. The zero-order chi connectivity index (χ0) is 25.9. The summed E-state index contributed by atoms with van der Waals surface area (Å²) in [6, 6.07) is 12.3. The topological polar surface area (TPSA) is 3.88 Å². The summed E-state index contributed by atoms with van der Waals surface area (Å²) in [7, 11) is 0.0257. The standard InChI is InChI=1S/C29H39F3NSi/c1-19-15-21(18-29(30,31)32)16-25(20(19)2)26-24-12-11-23(17-22(24)13-14-33(26)9)34(10,27(3,4)5)28(6,7)8/h11-17H,18H2,1-10H3/q+1. The normalized spacial score (nSPS) is 13.6. The number of nitrogens with zero attached hydrogens (tertiary/aromatic N) is 1. The lowest BCUT2D eigenvalue weighted by Crippen LogP contribution is -2.58. The van der Waals surface area contributed by atoms with E-state index in [1.807, 2.05) is 31.7 Å². The molecule has 0 aliphatic carbocycles. The van der Waals surface area contributed by atoms with Crippen molar-refractivity contribution in [2.45, 2.75) is 84.6 Å². The fourth-order valence-electron chi connectivity index (χ4n) is 5.52. The number of hydrogen-bond acceptors (Lipinski definition) is 0. The van der Waals surface area contributed by atoms with Crippen LogP contribution in [-0.4, -0.2) is 14.3 Å². The highest BCUT2D eigenvalue weighted by Gasteiger charge is 2.50. The molecule has 0 bridgehead atoms. The Hall–Kier alpha value is -2.14. The minimum Gasteiger partial charge on any atom is -0.200 e. The largest absolute Gasteiger partial charge is 0.393 e. The number of aromatic nitrogens is 1. The van der Waals surface area contributed by atoms with Gasteiger partial charge in [0.05, 0.1) is 25.4 Å². The molecule has 0 N–H and O–H groups in total. The first-order valence-corrected chi connectivity index (χ1v) is 14.5. The third-order valence-corrected chi connectivity index (χ3v) is 15.6. The van der Waals surface area contributed by atoms with Crippen LogP contribution in [0.25, 0.3) is 22.0 Å². The highest BCUT2D eigenvalue weighted by molar-refractivity contribution is 6.95. The SMILES string of the molecule is Cc1cc(CC(F)(F)F)cc(-c2c3ccc([Si](C)(C(C)(C)C)C(C)(C)C)cc3cc[n+]2C)c1C. The maximum Gasteiger partial charge on any atom is 0.393 e. The summed E-state index contributed by atoms with van der Waals surface area (Å²) in [6.45, 7) is 20.5. The van der Waals surface area contributed by atoms with Crippen LogP contribution in [0.4, 0.5) is 13.2 Å². The lowest BCUT2D eigenvalue weighted by molar-refractivity contribution is -0.659. The van der Waals surface area contributed by atoms with Crippen molar-refractivity contribution in [3.8, 4) is 11.3 Å². The summed E-state index contributed by atoms with van der Waals surface area (Å²) in [5.41, 5.74) is 4.03. The second kappa shape index (κ2) is 8.51. The van der Waals surface area contributed by atoms with Crippen LogP contribution in [-0.2, 0) is 13.5 Å². The molecule has 0 radical (unpaired) electrons. The van der Waals surface area contributed by atoms with Gasteiger partial charge in [0.25, 0.3) is 0 Å². The van der Waals surface area contributed by atoms with E-state index in [1.54, 1.807) is 12.1 Å². The van der Waals surface area contributed by atoms with E-state index in [0.29, 0.717) is 5.56 Å². The molecule has 1 aromatic heterocycles. The number of benzene rings is 2. The molecule has 0 spiro atoms. The molecule has 0 aliphatic rings. The van der Waals surface area contributed by atoms with Crippen molar-refractivity contribution in [2.24, 2.45) is 7.05 Å². The highest BCUT2D eigenvalue weighted by atomic mass is 28.3. The molecule has 0 saturated heterocycles. The zero-order valence-electron chi connectivity index (χ0n) is 22.3. The van der Waals surface area contributed by atoms with Gasteiger partial charge in [0.1, 0.15) is 7.05 Å².